The molecular formula is C14H26F3NO. The van der Waals surface area contributed by atoms with Crippen molar-refractivity contribution >= 4 is 0 Å². The largest absolute Gasteiger partial charge is 0.401 e. The van der Waals surface area contributed by atoms with Crippen molar-refractivity contribution in [3.8, 4) is 0 Å². The molecule has 0 aromatic rings. The molecule has 0 radical (unpaired) electrons. The summed E-state index contributed by atoms with van der Waals surface area (Å²) in [5, 5.41) is 10.1. The Balaban J connectivity index is 2.61. The fourth-order valence-corrected chi connectivity index (χ4v) is 3.28. The second-order valence-electron chi connectivity index (χ2n) is 6.14. The summed E-state index contributed by atoms with van der Waals surface area (Å²) >= 11 is 0. The van der Waals surface area contributed by atoms with Crippen molar-refractivity contribution in [1.82, 2.24) is 4.90 Å². The maximum absolute atomic E-state index is 12.5. The molecular weight excluding hydrogens is 255 g/mol. The van der Waals surface area contributed by atoms with E-state index < -0.39 is 18.8 Å². The van der Waals surface area contributed by atoms with Crippen molar-refractivity contribution in [3.63, 3.8) is 0 Å². The Morgan fingerprint density at radius 2 is 1.84 bits per heavy atom. The lowest BCUT2D eigenvalue weighted by molar-refractivity contribution is -0.150. The second kappa shape index (κ2) is 6.93. The molecule has 1 N–H and O–H groups in total. The molecule has 4 unspecified atom stereocenters. The average Bonchev–Trinajstić information content (AvgIpc) is 2.21. The molecule has 0 bridgehead atoms. The van der Waals surface area contributed by atoms with Gasteiger partial charge in [0.05, 0.1) is 12.6 Å². The predicted octanol–water partition coefficient (Wildman–Crippen LogP) is 3.30. The first-order valence-corrected chi connectivity index (χ1v) is 7.20. The Hall–Kier alpha value is -0.290. The number of aliphatic hydroxyl groups excluding tert-OH is 1. The van der Waals surface area contributed by atoms with Crippen LogP contribution in [0.4, 0.5) is 13.2 Å². The first kappa shape index (κ1) is 16.8. The fraction of sp³-hybridized carbons (Fsp3) is 1.00. The number of hydrogen-bond acceptors (Lipinski definition) is 2. The summed E-state index contributed by atoms with van der Waals surface area (Å²) in [6.45, 7) is 5.93. The number of halogens is 3. The SMILES string of the molecule is CCCN(CC1C(C)CC(C)CC1O)CC(F)(F)F. The Kier molecular flexibility index (Phi) is 6.12. The van der Waals surface area contributed by atoms with Gasteiger partial charge in [0.25, 0.3) is 0 Å². The van der Waals surface area contributed by atoms with E-state index in [1.54, 1.807) is 0 Å². The smallest absolute Gasteiger partial charge is 0.393 e. The molecule has 5 heteroatoms. The van der Waals surface area contributed by atoms with Gasteiger partial charge in [0, 0.05) is 12.5 Å². The van der Waals surface area contributed by atoms with Gasteiger partial charge < -0.3 is 5.11 Å². The summed E-state index contributed by atoms with van der Waals surface area (Å²) in [6, 6.07) is 0. The third kappa shape index (κ3) is 5.69. The van der Waals surface area contributed by atoms with Gasteiger partial charge in [0.1, 0.15) is 0 Å². The summed E-state index contributed by atoms with van der Waals surface area (Å²) in [5.41, 5.74) is 0. The molecule has 0 aliphatic heterocycles. The van der Waals surface area contributed by atoms with Crippen LogP contribution < -0.4 is 0 Å². The first-order chi connectivity index (χ1) is 8.73. The third-order valence-corrected chi connectivity index (χ3v) is 4.05. The number of nitrogens with zero attached hydrogens (tertiary/aromatic N) is 1. The van der Waals surface area contributed by atoms with E-state index in [4.69, 9.17) is 0 Å². The molecule has 0 aromatic carbocycles. The van der Waals surface area contributed by atoms with Crippen LogP contribution in [-0.2, 0) is 0 Å². The number of aliphatic hydroxyl groups is 1. The molecule has 1 aliphatic rings. The molecule has 1 aliphatic carbocycles. The van der Waals surface area contributed by atoms with Crippen molar-refractivity contribution < 1.29 is 18.3 Å². The Morgan fingerprint density at radius 3 is 2.32 bits per heavy atom. The standard InChI is InChI=1S/C14H26F3NO/c1-4-5-18(9-14(15,16)17)8-12-11(3)6-10(2)7-13(12)19/h10-13,19H,4-9H2,1-3H3. The third-order valence-electron chi connectivity index (χ3n) is 4.05. The highest BCUT2D eigenvalue weighted by atomic mass is 19.4. The van der Waals surface area contributed by atoms with Gasteiger partial charge in [-0.25, -0.2) is 0 Å². The zero-order valence-electron chi connectivity index (χ0n) is 12.1. The van der Waals surface area contributed by atoms with E-state index in [2.05, 4.69) is 6.92 Å². The van der Waals surface area contributed by atoms with E-state index in [0.717, 1.165) is 6.42 Å². The molecule has 4 atom stereocenters. The average molecular weight is 281 g/mol. The van der Waals surface area contributed by atoms with Crippen molar-refractivity contribution in [2.75, 3.05) is 19.6 Å². The van der Waals surface area contributed by atoms with Crippen LogP contribution in [0.2, 0.25) is 0 Å². The van der Waals surface area contributed by atoms with Gasteiger partial charge in [0.2, 0.25) is 0 Å². The molecule has 19 heavy (non-hydrogen) atoms. The zero-order chi connectivity index (χ0) is 14.6. The summed E-state index contributed by atoms with van der Waals surface area (Å²) in [4.78, 5) is 1.44. The van der Waals surface area contributed by atoms with Crippen LogP contribution >= 0.6 is 0 Å². The Bertz CT molecular complexity index is 258. The number of hydrogen-bond donors (Lipinski definition) is 1. The van der Waals surface area contributed by atoms with Gasteiger partial charge in [-0.1, -0.05) is 20.8 Å². The van der Waals surface area contributed by atoms with Crippen molar-refractivity contribution in [2.45, 2.75) is 52.3 Å². The van der Waals surface area contributed by atoms with E-state index in [1.165, 1.54) is 4.90 Å². The number of alkyl halides is 3. The topological polar surface area (TPSA) is 23.5 Å². The van der Waals surface area contributed by atoms with Crippen LogP contribution in [0, 0.1) is 17.8 Å². The molecule has 1 rings (SSSR count). The Morgan fingerprint density at radius 1 is 1.21 bits per heavy atom. The maximum Gasteiger partial charge on any atom is 0.401 e. The lowest BCUT2D eigenvalue weighted by Gasteiger charge is -2.39. The quantitative estimate of drug-likeness (QED) is 0.835. The molecule has 2 nitrogen and oxygen atoms in total. The van der Waals surface area contributed by atoms with Crippen LogP contribution in [0.3, 0.4) is 0 Å². The molecule has 114 valence electrons. The van der Waals surface area contributed by atoms with Crippen LogP contribution in [0.25, 0.3) is 0 Å². The number of rotatable bonds is 5. The summed E-state index contributed by atoms with van der Waals surface area (Å²) < 4.78 is 37.6. The van der Waals surface area contributed by atoms with Crippen LogP contribution in [-0.4, -0.2) is 41.9 Å². The van der Waals surface area contributed by atoms with Crippen LogP contribution in [0.5, 0.6) is 0 Å². The van der Waals surface area contributed by atoms with Crippen molar-refractivity contribution in [1.29, 1.82) is 0 Å². The van der Waals surface area contributed by atoms with Gasteiger partial charge in [0.15, 0.2) is 0 Å². The van der Waals surface area contributed by atoms with Crippen molar-refractivity contribution in [2.24, 2.45) is 17.8 Å². The van der Waals surface area contributed by atoms with E-state index in [1.807, 2.05) is 13.8 Å². The molecule has 0 heterocycles. The minimum Gasteiger partial charge on any atom is -0.393 e. The normalized spacial score (nSPS) is 32.8. The van der Waals surface area contributed by atoms with Gasteiger partial charge in [-0.05, 0) is 37.6 Å². The van der Waals surface area contributed by atoms with Crippen molar-refractivity contribution in [3.05, 3.63) is 0 Å². The van der Waals surface area contributed by atoms with Gasteiger partial charge in [-0.3, -0.25) is 4.90 Å². The predicted molar refractivity (Wildman–Crippen MR) is 69.8 cm³/mol. The molecule has 0 saturated heterocycles. The minimum absolute atomic E-state index is 0.0369. The monoisotopic (exact) mass is 281 g/mol. The molecule has 1 saturated carbocycles. The molecule has 1 fully saturated rings. The summed E-state index contributed by atoms with van der Waals surface area (Å²) in [5.74, 6) is 0.708. The minimum atomic E-state index is -4.16. The fourth-order valence-electron chi connectivity index (χ4n) is 3.28. The van der Waals surface area contributed by atoms with E-state index in [0.29, 0.717) is 31.8 Å². The van der Waals surface area contributed by atoms with Crippen LogP contribution in [0.15, 0.2) is 0 Å². The molecule has 0 amide bonds. The van der Waals surface area contributed by atoms with E-state index in [9.17, 15) is 18.3 Å². The molecule has 0 aromatic heterocycles. The maximum atomic E-state index is 12.5. The van der Waals surface area contributed by atoms with E-state index in [-0.39, 0.29) is 11.8 Å². The van der Waals surface area contributed by atoms with Crippen LogP contribution in [0.1, 0.15) is 40.0 Å². The first-order valence-electron chi connectivity index (χ1n) is 7.20. The highest BCUT2D eigenvalue weighted by molar-refractivity contribution is 4.85. The van der Waals surface area contributed by atoms with E-state index >= 15 is 0 Å². The van der Waals surface area contributed by atoms with Gasteiger partial charge in [-0.15, -0.1) is 0 Å². The molecule has 0 spiro atoms. The lowest BCUT2D eigenvalue weighted by Crippen LogP contribution is -2.45. The highest BCUT2D eigenvalue weighted by Gasteiger charge is 2.36. The lowest BCUT2D eigenvalue weighted by atomic mass is 9.73. The van der Waals surface area contributed by atoms with Gasteiger partial charge in [-0.2, -0.15) is 13.2 Å². The van der Waals surface area contributed by atoms with Gasteiger partial charge >= 0.3 is 6.18 Å². The summed E-state index contributed by atoms with van der Waals surface area (Å²) in [6.07, 6.45) is -2.23. The zero-order valence-corrected chi connectivity index (χ0v) is 12.1. The highest BCUT2D eigenvalue weighted by Crippen LogP contribution is 2.34. The Labute approximate surface area is 114 Å². The second-order valence-corrected chi connectivity index (χ2v) is 6.14. The summed E-state index contributed by atoms with van der Waals surface area (Å²) in [7, 11) is 0.